The number of nitrogens with one attached hydrogen (secondary N) is 2. The van der Waals surface area contributed by atoms with Gasteiger partial charge in [0.25, 0.3) is 0 Å². The lowest BCUT2D eigenvalue weighted by atomic mass is 10.1. The van der Waals surface area contributed by atoms with Crippen molar-refractivity contribution in [2.24, 2.45) is 0 Å². The van der Waals surface area contributed by atoms with Crippen LogP contribution in [0, 0.1) is 0 Å². The molecule has 0 saturated heterocycles. The number of hydrogen-bond donors (Lipinski definition) is 2. The molecule has 2 rings (SSSR count). The second-order valence-corrected chi connectivity index (χ2v) is 6.20. The molecule has 0 aliphatic carbocycles. The number of rotatable bonds is 5. The van der Waals surface area contributed by atoms with E-state index < -0.39 is 17.6 Å². The van der Waals surface area contributed by atoms with Crippen molar-refractivity contribution >= 4 is 34.8 Å². The van der Waals surface area contributed by atoms with Gasteiger partial charge >= 0.3 is 6.18 Å². The minimum absolute atomic E-state index is 0.174. The molecule has 8 heteroatoms. The van der Waals surface area contributed by atoms with E-state index in [1.54, 1.807) is 25.1 Å². The Kier molecular flexibility index (Phi) is 6.32. The molecule has 0 unspecified atom stereocenters. The summed E-state index contributed by atoms with van der Waals surface area (Å²) in [6, 6.07) is 9.50. The third-order valence-electron chi connectivity index (χ3n) is 3.50. The number of halogens is 5. The molecular formula is C17H15Cl2F3N2O. The Morgan fingerprint density at radius 2 is 1.84 bits per heavy atom. The fourth-order valence-electron chi connectivity index (χ4n) is 2.24. The van der Waals surface area contributed by atoms with Crippen LogP contribution in [0.25, 0.3) is 0 Å². The first-order valence-corrected chi connectivity index (χ1v) is 8.08. The van der Waals surface area contributed by atoms with E-state index >= 15 is 0 Å². The molecule has 3 nitrogen and oxygen atoms in total. The third-order valence-corrected chi connectivity index (χ3v) is 4.07. The van der Waals surface area contributed by atoms with E-state index in [9.17, 15) is 18.0 Å². The lowest BCUT2D eigenvalue weighted by molar-refractivity contribution is -0.137. The van der Waals surface area contributed by atoms with Crippen molar-refractivity contribution in [2.75, 3.05) is 11.9 Å². The Morgan fingerprint density at radius 3 is 2.48 bits per heavy atom. The van der Waals surface area contributed by atoms with E-state index in [0.717, 1.165) is 11.6 Å². The molecule has 0 saturated carbocycles. The summed E-state index contributed by atoms with van der Waals surface area (Å²) in [5.74, 6) is -0.589. The average Bonchev–Trinajstić information content (AvgIpc) is 2.52. The highest BCUT2D eigenvalue weighted by Crippen LogP contribution is 2.34. The van der Waals surface area contributed by atoms with Gasteiger partial charge in [0, 0.05) is 16.1 Å². The summed E-state index contributed by atoms with van der Waals surface area (Å²) < 4.78 is 38.8. The highest BCUT2D eigenvalue weighted by atomic mass is 35.5. The molecule has 2 aromatic carbocycles. The van der Waals surface area contributed by atoms with Crippen LogP contribution in [0.5, 0.6) is 0 Å². The number of anilines is 1. The molecule has 0 aliphatic rings. The SMILES string of the molecule is C[C@@H](NCC(=O)Nc1ccccc1C(F)(F)F)c1ccc(Cl)cc1Cl. The average molecular weight is 391 g/mol. The maximum atomic E-state index is 12.9. The Labute approximate surface area is 153 Å². The normalized spacial score (nSPS) is 12.7. The van der Waals surface area contributed by atoms with E-state index in [2.05, 4.69) is 10.6 Å². The van der Waals surface area contributed by atoms with E-state index in [-0.39, 0.29) is 18.3 Å². The standard InChI is InChI=1S/C17H15Cl2F3N2O/c1-10(12-7-6-11(18)8-14(12)19)23-9-16(25)24-15-5-3-2-4-13(15)17(20,21)22/h2-8,10,23H,9H2,1H3,(H,24,25)/t10-/m1/s1. The molecule has 0 fully saturated rings. The third kappa shape index (κ3) is 5.36. The summed E-state index contributed by atoms with van der Waals surface area (Å²) in [4.78, 5) is 12.0. The number of benzene rings is 2. The van der Waals surface area contributed by atoms with Crippen molar-refractivity contribution in [2.45, 2.75) is 19.1 Å². The number of alkyl halides is 3. The van der Waals surface area contributed by atoms with Crippen molar-refractivity contribution in [3.05, 3.63) is 63.6 Å². The Morgan fingerprint density at radius 1 is 1.16 bits per heavy atom. The van der Waals surface area contributed by atoms with Gasteiger partial charge in [0.2, 0.25) is 5.91 Å². The second kappa shape index (κ2) is 8.08. The van der Waals surface area contributed by atoms with Crippen molar-refractivity contribution in [1.82, 2.24) is 5.32 Å². The highest BCUT2D eigenvalue weighted by molar-refractivity contribution is 6.35. The van der Waals surface area contributed by atoms with E-state index in [4.69, 9.17) is 23.2 Å². The van der Waals surface area contributed by atoms with Crippen molar-refractivity contribution in [1.29, 1.82) is 0 Å². The fourth-order valence-corrected chi connectivity index (χ4v) is 2.81. The van der Waals surface area contributed by atoms with Crippen LogP contribution in [0.15, 0.2) is 42.5 Å². The number of carbonyl (C=O) groups is 1. The Bertz CT molecular complexity index is 766. The molecule has 134 valence electrons. The predicted octanol–water partition coefficient (Wildman–Crippen LogP) is 5.30. The van der Waals surface area contributed by atoms with Crippen LogP contribution >= 0.6 is 23.2 Å². The van der Waals surface area contributed by atoms with Crippen LogP contribution in [0.3, 0.4) is 0 Å². The van der Waals surface area contributed by atoms with Crippen LogP contribution in [-0.4, -0.2) is 12.5 Å². The molecule has 2 aromatic rings. The first-order valence-electron chi connectivity index (χ1n) is 7.33. The van der Waals surface area contributed by atoms with Gasteiger partial charge in [0.15, 0.2) is 0 Å². The van der Waals surface area contributed by atoms with Gasteiger partial charge in [-0.2, -0.15) is 13.2 Å². The first kappa shape index (κ1) is 19.6. The van der Waals surface area contributed by atoms with Crippen LogP contribution < -0.4 is 10.6 Å². The van der Waals surface area contributed by atoms with E-state index in [0.29, 0.717) is 10.0 Å². The van der Waals surface area contributed by atoms with Crippen molar-refractivity contribution in [3.63, 3.8) is 0 Å². The molecule has 0 spiro atoms. The smallest absolute Gasteiger partial charge is 0.324 e. The minimum Gasteiger partial charge on any atom is -0.324 e. The minimum atomic E-state index is -4.54. The number of para-hydroxylation sites is 1. The summed E-state index contributed by atoms with van der Waals surface area (Å²) >= 11 is 11.9. The van der Waals surface area contributed by atoms with Gasteiger partial charge < -0.3 is 10.6 Å². The quantitative estimate of drug-likeness (QED) is 0.726. The summed E-state index contributed by atoms with van der Waals surface area (Å²) in [5.41, 5.74) is -0.439. The van der Waals surface area contributed by atoms with Gasteiger partial charge in [-0.15, -0.1) is 0 Å². The monoisotopic (exact) mass is 390 g/mol. The molecule has 1 amide bonds. The molecule has 0 heterocycles. The molecule has 0 aliphatic heterocycles. The second-order valence-electron chi connectivity index (χ2n) is 5.36. The van der Waals surface area contributed by atoms with Crippen molar-refractivity contribution < 1.29 is 18.0 Å². The van der Waals surface area contributed by atoms with E-state index in [1.807, 2.05) is 0 Å². The zero-order valence-corrected chi connectivity index (χ0v) is 14.6. The fraction of sp³-hybridized carbons (Fsp3) is 0.235. The van der Waals surface area contributed by atoms with Crippen LogP contribution in [0.4, 0.5) is 18.9 Å². The zero-order chi connectivity index (χ0) is 18.6. The van der Waals surface area contributed by atoms with Gasteiger partial charge in [0.1, 0.15) is 0 Å². The predicted molar refractivity (Wildman–Crippen MR) is 93.0 cm³/mol. The molecule has 0 aromatic heterocycles. The number of amides is 1. The largest absolute Gasteiger partial charge is 0.418 e. The first-order chi connectivity index (χ1) is 11.7. The molecule has 1 atom stereocenters. The number of carbonyl (C=O) groups excluding carboxylic acids is 1. The lowest BCUT2D eigenvalue weighted by Gasteiger charge is -2.17. The topological polar surface area (TPSA) is 41.1 Å². The van der Waals surface area contributed by atoms with Gasteiger partial charge in [0.05, 0.1) is 17.8 Å². The lowest BCUT2D eigenvalue weighted by Crippen LogP contribution is -2.30. The molecule has 25 heavy (non-hydrogen) atoms. The van der Waals surface area contributed by atoms with Gasteiger partial charge in [-0.05, 0) is 36.8 Å². The Balaban J connectivity index is 2.00. The Hall–Kier alpha value is -1.76. The van der Waals surface area contributed by atoms with Crippen molar-refractivity contribution in [3.8, 4) is 0 Å². The van der Waals surface area contributed by atoms with Crippen LogP contribution in [0.1, 0.15) is 24.1 Å². The van der Waals surface area contributed by atoms with Crippen LogP contribution in [0.2, 0.25) is 10.0 Å². The molecule has 0 radical (unpaired) electrons. The summed E-state index contributed by atoms with van der Waals surface area (Å²) in [6.07, 6.45) is -4.54. The molecule has 0 bridgehead atoms. The molecule has 2 N–H and O–H groups in total. The maximum Gasteiger partial charge on any atom is 0.418 e. The zero-order valence-electron chi connectivity index (χ0n) is 13.1. The van der Waals surface area contributed by atoms with Gasteiger partial charge in [-0.3, -0.25) is 4.79 Å². The summed E-state index contributed by atoms with van der Waals surface area (Å²) in [6.45, 7) is 1.61. The molecular weight excluding hydrogens is 376 g/mol. The van der Waals surface area contributed by atoms with Gasteiger partial charge in [-0.1, -0.05) is 41.4 Å². The summed E-state index contributed by atoms with van der Waals surface area (Å²) in [5, 5.41) is 6.12. The van der Waals surface area contributed by atoms with Gasteiger partial charge in [-0.25, -0.2) is 0 Å². The number of hydrogen-bond acceptors (Lipinski definition) is 2. The van der Waals surface area contributed by atoms with Crippen LogP contribution in [-0.2, 0) is 11.0 Å². The van der Waals surface area contributed by atoms with E-state index in [1.165, 1.54) is 18.2 Å². The maximum absolute atomic E-state index is 12.9. The summed E-state index contributed by atoms with van der Waals surface area (Å²) in [7, 11) is 0. The highest BCUT2D eigenvalue weighted by Gasteiger charge is 2.33.